The van der Waals surface area contributed by atoms with Crippen LogP contribution in [-0.4, -0.2) is 26.7 Å². The van der Waals surface area contributed by atoms with E-state index in [1.807, 2.05) is 36.6 Å². The maximum atomic E-state index is 13.4. The molecule has 4 aromatic rings. The summed E-state index contributed by atoms with van der Waals surface area (Å²) in [7, 11) is 0. The molecule has 7 nitrogen and oxygen atoms in total. The number of ketones is 1. The SMILES string of the molecule is Cc1cc(C(=O)Cn2cnc3cc(F)ccc3c2=O)c(C)n1-c1ccc2c(c1)OCO2. The molecule has 3 heterocycles. The summed E-state index contributed by atoms with van der Waals surface area (Å²) in [5.74, 6) is 0.656. The summed E-state index contributed by atoms with van der Waals surface area (Å²) >= 11 is 0. The van der Waals surface area contributed by atoms with Gasteiger partial charge >= 0.3 is 0 Å². The van der Waals surface area contributed by atoms with Crippen molar-refractivity contribution in [1.29, 1.82) is 0 Å². The second-order valence-electron chi connectivity index (χ2n) is 7.42. The monoisotopic (exact) mass is 419 g/mol. The predicted octanol–water partition coefficient (Wildman–Crippen LogP) is 3.55. The number of carbonyl (C=O) groups is 1. The molecule has 0 bridgehead atoms. The number of aromatic nitrogens is 3. The lowest BCUT2D eigenvalue weighted by Crippen LogP contribution is -2.25. The summed E-state index contributed by atoms with van der Waals surface area (Å²) in [5.41, 5.74) is 2.87. The zero-order valence-corrected chi connectivity index (χ0v) is 16.9. The van der Waals surface area contributed by atoms with Crippen LogP contribution in [0.25, 0.3) is 16.6 Å². The minimum absolute atomic E-state index is 0.162. The van der Waals surface area contributed by atoms with Crippen LogP contribution in [0.1, 0.15) is 21.7 Å². The van der Waals surface area contributed by atoms with Crippen LogP contribution >= 0.6 is 0 Å². The highest BCUT2D eigenvalue weighted by atomic mass is 19.1. The zero-order chi connectivity index (χ0) is 21.7. The number of halogens is 1. The van der Waals surface area contributed by atoms with Gasteiger partial charge in [0.25, 0.3) is 5.56 Å². The van der Waals surface area contributed by atoms with E-state index in [9.17, 15) is 14.0 Å². The summed E-state index contributed by atoms with van der Waals surface area (Å²) in [6.45, 7) is 3.79. The van der Waals surface area contributed by atoms with Gasteiger partial charge in [-0.1, -0.05) is 0 Å². The lowest BCUT2D eigenvalue weighted by atomic mass is 10.1. The number of ether oxygens (including phenoxy) is 2. The van der Waals surface area contributed by atoms with E-state index >= 15 is 0 Å². The summed E-state index contributed by atoms with van der Waals surface area (Å²) in [4.78, 5) is 29.9. The van der Waals surface area contributed by atoms with E-state index in [4.69, 9.17) is 9.47 Å². The molecule has 0 N–H and O–H groups in total. The first-order valence-electron chi connectivity index (χ1n) is 9.69. The molecule has 1 aliphatic rings. The van der Waals surface area contributed by atoms with Gasteiger partial charge in [0, 0.05) is 34.8 Å². The molecule has 0 fully saturated rings. The average molecular weight is 419 g/mol. The van der Waals surface area contributed by atoms with Gasteiger partial charge in [-0.25, -0.2) is 9.37 Å². The molecule has 5 rings (SSSR count). The molecule has 156 valence electrons. The molecule has 0 unspecified atom stereocenters. The van der Waals surface area contributed by atoms with Gasteiger partial charge < -0.3 is 14.0 Å². The Kier molecular flexibility index (Phi) is 4.35. The van der Waals surface area contributed by atoms with Gasteiger partial charge in [0.1, 0.15) is 5.82 Å². The van der Waals surface area contributed by atoms with E-state index in [1.54, 1.807) is 6.07 Å². The van der Waals surface area contributed by atoms with E-state index in [0.717, 1.165) is 17.1 Å². The molecule has 2 aromatic heterocycles. The molecule has 0 radical (unpaired) electrons. The second-order valence-corrected chi connectivity index (χ2v) is 7.42. The molecule has 0 spiro atoms. The van der Waals surface area contributed by atoms with E-state index in [0.29, 0.717) is 17.1 Å². The van der Waals surface area contributed by atoms with Crippen LogP contribution < -0.4 is 15.0 Å². The first-order chi connectivity index (χ1) is 14.9. The highest BCUT2D eigenvalue weighted by molar-refractivity contribution is 5.97. The van der Waals surface area contributed by atoms with Crippen LogP contribution in [0, 0.1) is 19.7 Å². The Bertz CT molecular complexity index is 1420. The summed E-state index contributed by atoms with van der Waals surface area (Å²) in [6.07, 6.45) is 1.28. The smallest absolute Gasteiger partial charge is 0.261 e. The molecule has 0 atom stereocenters. The predicted molar refractivity (Wildman–Crippen MR) is 112 cm³/mol. The van der Waals surface area contributed by atoms with Crippen molar-refractivity contribution in [3.63, 3.8) is 0 Å². The molecular formula is C23H18FN3O4. The minimum atomic E-state index is -0.468. The molecule has 0 aliphatic carbocycles. The summed E-state index contributed by atoms with van der Waals surface area (Å²) in [5, 5.41) is 0.266. The van der Waals surface area contributed by atoms with Crippen LogP contribution in [-0.2, 0) is 6.54 Å². The van der Waals surface area contributed by atoms with Crippen molar-refractivity contribution < 1.29 is 18.7 Å². The fourth-order valence-corrected chi connectivity index (χ4v) is 3.95. The van der Waals surface area contributed by atoms with Gasteiger partial charge in [-0.2, -0.15) is 0 Å². The lowest BCUT2D eigenvalue weighted by Gasteiger charge is -2.11. The summed E-state index contributed by atoms with van der Waals surface area (Å²) in [6, 6.07) is 11.2. The Morgan fingerprint density at radius 3 is 2.74 bits per heavy atom. The Hall–Kier alpha value is -3.94. The van der Waals surface area contributed by atoms with Crippen molar-refractivity contribution >= 4 is 16.7 Å². The fraction of sp³-hybridized carbons (Fsp3) is 0.174. The van der Waals surface area contributed by atoms with E-state index < -0.39 is 5.82 Å². The van der Waals surface area contributed by atoms with Gasteiger partial charge in [-0.05, 0) is 44.2 Å². The average Bonchev–Trinajstić information content (AvgIpc) is 3.33. The number of carbonyl (C=O) groups excluding carboxylic acids is 1. The quantitative estimate of drug-likeness (QED) is 0.473. The number of Topliss-reactive ketones (excluding diaryl/α,β-unsaturated/α-hetero) is 1. The van der Waals surface area contributed by atoms with Crippen LogP contribution in [0.4, 0.5) is 4.39 Å². The third-order valence-corrected chi connectivity index (χ3v) is 5.45. The Morgan fingerprint density at radius 2 is 1.90 bits per heavy atom. The topological polar surface area (TPSA) is 75.4 Å². The van der Waals surface area contributed by atoms with Gasteiger partial charge in [0.15, 0.2) is 17.3 Å². The number of hydrogen-bond acceptors (Lipinski definition) is 5. The molecule has 8 heteroatoms. The highest BCUT2D eigenvalue weighted by Gasteiger charge is 2.20. The Labute approximate surface area is 176 Å². The van der Waals surface area contributed by atoms with Crippen molar-refractivity contribution in [3.05, 3.63) is 81.9 Å². The van der Waals surface area contributed by atoms with Crippen molar-refractivity contribution in [2.24, 2.45) is 0 Å². The maximum Gasteiger partial charge on any atom is 0.261 e. The molecule has 0 saturated carbocycles. The zero-order valence-electron chi connectivity index (χ0n) is 16.9. The van der Waals surface area contributed by atoms with Crippen molar-refractivity contribution in [2.45, 2.75) is 20.4 Å². The number of nitrogens with zero attached hydrogens (tertiary/aromatic N) is 3. The van der Waals surface area contributed by atoms with E-state index in [2.05, 4.69) is 4.98 Å². The number of hydrogen-bond donors (Lipinski definition) is 0. The van der Waals surface area contributed by atoms with Crippen molar-refractivity contribution in [2.75, 3.05) is 6.79 Å². The molecular weight excluding hydrogens is 401 g/mol. The van der Waals surface area contributed by atoms with Gasteiger partial charge in [0.2, 0.25) is 6.79 Å². The van der Waals surface area contributed by atoms with Crippen LogP contribution in [0.5, 0.6) is 11.5 Å². The first kappa shape index (κ1) is 19.0. The van der Waals surface area contributed by atoms with E-state index in [1.165, 1.54) is 29.1 Å². The third-order valence-electron chi connectivity index (χ3n) is 5.45. The third kappa shape index (κ3) is 3.16. The van der Waals surface area contributed by atoms with Gasteiger partial charge in [-0.15, -0.1) is 0 Å². The van der Waals surface area contributed by atoms with Crippen molar-refractivity contribution in [3.8, 4) is 17.2 Å². The van der Waals surface area contributed by atoms with Gasteiger partial charge in [0.05, 0.1) is 23.8 Å². The van der Waals surface area contributed by atoms with Crippen molar-refractivity contribution in [1.82, 2.24) is 14.1 Å². The first-order valence-corrected chi connectivity index (χ1v) is 9.69. The molecule has 0 amide bonds. The standard InChI is InChI=1S/C23H18FN3O4/c1-13-7-18(14(2)27(13)16-4-6-21-22(9-16)31-12-30-21)20(28)10-26-11-25-19-8-15(24)3-5-17(19)23(26)29/h3-9,11H,10,12H2,1-2H3. The minimum Gasteiger partial charge on any atom is -0.454 e. The number of fused-ring (bicyclic) bond motifs is 2. The Morgan fingerprint density at radius 1 is 1.10 bits per heavy atom. The molecule has 0 saturated heterocycles. The number of benzene rings is 2. The molecule has 31 heavy (non-hydrogen) atoms. The molecule has 1 aliphatic heterocycles. The highest BCUT2D eigenvalue weighted by Crippen LogP contribution is 2.35. The van der Waals surface area contributed by atoms with Crippen LogP contribution in [0.2, 0.25) is 0 Å². The largest absolute Gasteiger partial charge is 0.454 e. The van der Waals surface area contributed by atoms with Crippen LogP contribution in [0.3, 0.4) is 0 Å². The van der Waals surface area contributed by atoms with Gasteiger partial charge in [-0.3, -0.25) is 14.2 Å². The number of rotatable bonds is 4. The number of aryl methyl sites for hydroxylation is 1. The normalized spacial score (nSPS) is 12.5. The fourth-order valence-electron chi connectivity index (χ4n) is 3.95. The van der Waals surface area contributed by atoms with Crippen LogP contribution in [0.15, 0.2) is 53.6 Å². The second kappa shape index (κ2) is 7.09. The summed E-state index contributed by atoms with van der Waals surface area (Å²) < 4.78 is 27.4. The molecule has 2 aromatic carbocycles. The Balaban J connectivity index is 1.49. The lowest BCUT2D eigenvalue weighted by molar-refractivity contribution is 0.0970. The van der Waals surface area contributed by atoms with E-state index in [-0.39, 0.29) is 35.6 Å². The maximum absolute atomic E-state index is 13.4.